The Kier molecular flexibility index (Phi) is 4.78. The third-order valence-electron chi connectivity index (χ3n) is 3.57. The van der Waals surface area contributed by atoms with E-state index in [1.54, 1.807) is 0 Å². The lowest BCUT2D eigenvalue weighted by Crippen LogP contribution is -2.37. The van der Waals surface area contributed by atoms with E-state index in [0.29, 0.717) is 17.8 Å². The number of aliphatic hydroxyl groups excluding tert-OH is 1. The molecule has 4 atom stereocenters. The average molecular weight is 228 g/mol. The zero-order valence-corrected chi connectivity index (χ0v) is 10.8. The van der Waals surface area contributed by atoms with Crippen molar-refractivity contribution >= 4 is 5.97 Å². The summed E-state index contributed by atoms with van der Waals surface area (Å²) in [4.78, 5) is 11.4. The second kappa shape index (κ2) is 5.67. The lowest BCUT2D eigenvalue weighted by Gasteiger charge is -2.36. The molecule has 0 spiro atoms. The predicted octanol–water partition coefficient (Wildman–Crippen LogP) is 2.37. The maximum absolute atomic E-state index is 11.4. The Labute approximate surface area is 98.2 Å². The number of hydrogen-bond acceptors (Lipinski definition) is 3. The molecule has 0 amide bonds. The molecule has 1 aliphatic carbocycles. The molecule has 0 heterocycles. The highest BCUT2D eigenvalue weighted by atomic mass is 16.6. The highest BCUT2D eigenvalue weighted by Gasteiger charge is 2.33. The summed E-state index contributed by atoms with van der Waals surface area (Å²) in [6, 6.07) is 0. The Morgan fingerprint density at radius 2 is 1.94 bits per heavy atom. The molecule has 0 aromatic heterocycles. The van der Waals surface area contributed by atoms with Gasteiger partial charge in [-0.1, -0.05) is 27.2 Å². The fraction of sp³-hybridized carbons (Fsp3) is 0.923. The predicted molar refractivity (Wildman–Crippen MR) is 62.9 cm³/mol. The van der Waals surface area contributed by atoms with Gasteiger partial charge in [-0.3, -0.25) is 0 Å². The quantitative estimate of drug-likeness (QED) is 0.754. The molecule has 1 aliphatic rings. The van der Waals surface area contributed by atoms with Crippen molar-refractivity contribution in [1.29, 1.82) is 0 Å². The summed E-state index contributed by atoms with van der Waals surface area (Å²) in [5.41, 5.74) is 0. The molecule has 16 heavy (non-hydrogen) atoms. The van der Waals surface area contributed by atoms with E-state index in [4.69, 9.17) is 9.84 Å². The van der Waals surface area contributed by atoms with E-state index in [1.165, 1.54) is 13.3 Å². The van der Waals surface area contributed by atoms with Gasteiger partial charge in [0.15, 0.2) is 0 Å². The highest BCUT2D eigenvalue weighted by Crippen LogP contribution is 2.35. The summed E-state index contributed by atoms with van der Waals surface area (Å²) in [7, 11) is 0. The first-order valence-electron chi connectivity index (χ1n) is 6.30. The number of rotatable bonds is 3. The van der Waals surface area contributed by atoms with Crippen molar-refractivity contribution in [3.8, 4) is 0 Å². The maximum Gasteiger partial charge on any atom is 0.334 e. The zero-order valence-electron chi connectivity index (χ0n) is 10.8. The van der Waals surface area contributed by atoms with Crippen LogP contribution in [0.5, 0.6) is 0 Å². The van der Waals surface area contributed by atoms with Crippen molar-refractivity contribution in [3.05, 3.63) is 0 Å². The van der Waals surface area contributed by atoms with Crippen LogP contribution in [-0.4, -0.2) is 23.3 Å². The van der Waals surface area contributed by atoms with Gasteiger partial charge >= 0.3 is 5.97 Å². The molecule has 0 saturated heterocycles. The summed E-state index contributed by atoms with van der Waals surface area (Å²) >= 11 is 0. The van der Waals surface area contributed by atoms with Gasteiger partial charge in [-0.15, -0.1) is 0 Å². The molecular formula is C13H24O3. The zero-order chi connectivity index (χ0) is 12.3. The monoisotopic (exact) mass is 228 g/mol. The van der Waals surface area contributed by atoms with Crippen LogP contribution in [0.3, 0.4) is 0 Å². The molecule has 0 unspecified atom stereocenters. The lowest BCUT2D eigenvalue weighted by molar-refractivity contribution is -0.164. The summed E-state index contributed by atoms with van der Waals surface area (Å²) in [5, 5.41) is 9.17. The molecule has 3 nitrogen and oxygen atoms in total. The summed E-state index contributed by atoms with van der Waals surface area (Å²) in [5.74, 6) is 1.10. The van der Waals surface area contributed by atoms with E-state index in [9.17, 15) is 4.79 Å². The van der Waals surface area contributed by atoms with Crippen LogP contribution in [-0.2, 0) is 9.53 Å². The van der Waals surface area contributed by atoms with Crippen molar-refractivity contribution in [2.75, 3.05) is 0 Å². The summed E-state index contributed by atoms with van der Waals surface area (Å²) < 4.78 is 5.41. The number of aliphatic hydroxyl groups is 1. The third kappa shape index (κ3) is 3.48. The molecule has 94 valence electrons. The van der Waals surface area contributed by atoms with Crippen LogP contribution in [0.4, 0.5) is 0 Å². The minimum atomic E-state index is -1.01. The smallest absolute Gasteiger partial charge is 0.334 e. The Hall–Kier alpha value is -0.570. The maximum atomic E-state index is 11.4. The van der Waals surface area contributed by atoms with Gasteiger partial charge in [0.25, 0.3) is 0 Å². The van der Waals surface area contributed by atoms with E-state index >= 15 is 0 Å². The molecule has 1 rings (SSSR count). The summed E-state index contributed by atoms with van der Waals surface area (Å²) in [6.07, 6.45) is 2.25. The number of ether oxygens (including phenoxy) is 1. The van der Waals surface area contributed by atoms with Gasteiger partial charge < -0.3 is 9.84 Å². The molecule has 0 aromatic rings. The SMILES string of the molecule is CC(C)[C@H]1CC[C@H](C)C[C@H]1OC(=O)[C@H](C)O. The van der Waals surface area contributed by atoms with Crippen LogP contribution in [0, 0.1) is 17.8 Å². The van der Waals surface area contributed by atoms with Crippen molar-refractivity contribution in [2.24, 2.45) is 17.8 Å². The van der Waals surface area contributed by atoms with E-state index in [1.807, 2.05) is 0 Å². The van der Waals surface area contributed by atoms with Crippen LogP contribution in [0.2, 0.25) is 0 Å². The molecule has 0 bridgehead atoms. The molecule has 0 aromatic carbocycles. The first-order chi connectivity index (χ1) is 7.41. The molecule has 0 radical (unpaired) electrons. The molecule has 3 heteroatoms. The van der Waals surface area contributed by atoms with Crippen LogP contribution >= 0.6 is 0 Å². The first kappa shape index (κ1) is 13.5. The largest absolute Gasteiger partial charge is 0.460 e. The first-order valence-corrected chi connectivity index (χ1v) is 6.30. The Morgan fingerprint density at radius 1 is 1.31 bits per heavy atom. The van der Waals surface area contributed by atoms with Gasteiger partial charge in [0.2, 0.25) is 0 Å². The number of esters is 1. The fourth-order valence-corrected chi connectivity index (χ4v) is 2.50. The molecule has 0 aliphatic heterocycles. The van der Waals surface area contributed by atoms with Crippen molar-refractivity contribution in [2.45, 2.75) is 59.2 Å². The van der Waals surface area contributed by atoms with Gasteiger partial charge in [0.05, 0.1) is 0 Å². The second-order valence-corrected chi connectivity index (χ2v) is 5.48. The van der Waals surface area contributed by atoms with E-state index in [-0.39, 0.29) is 6.10 Å². The van der Waals surface area contributed by atoms with Crippen molar-refractivity contribution in [3.63, 3.8) is 0 Å². The average Bonchev–Trinajstić information content (AvgIpc) is 2.16. The number of carbonyl (C=O) groups is 1. The normalized spacial score (nSPS) is 32.5. The van der Waals surface area contributed by atoms with Crippen LogP contribution in [0.1, 0.15) is 47.0 Å². The van der Waals surface area contributed by atoms with Gasteiger partial charge in [0, 0.05) is 0 Å². The lowest BCUT2D eigenvalue weighted by atomic mass is 9.75. The van der Waals surface area contributed by atoms with E-state index < -0.39 is 12.1 Å². The Bertz CT molecular complexity index is 235. The van der Waals surface area contributed by atoms with Crippen molar-refractivity contribution in [1.82, 2.24) is 0 Å². The molecular weight excluding hydrogens is 204 g/mol. The van der Waals surface area contributed by atoms with E-state index in [2.05, 4.69) is 20.8 Å². The number of hydrogen-bond donors (Lipinski definition) is 1. The molecule has 1 saturated carbocycles. The van der Waals surface area contributed by atoms with Gasteiger partial charge in [-0.2, -0.15) is 0 Å². The Morgan fingerprint density at radius 3 is 2.44 bits per heavy atom. The van der Waals surface area contributed by atoms with E-state index in [0.717, 1.165) is 12.8 Å². The van der Waals surface area contributed by atoms with Crippen LogP contribution in [0.15, 0.2) is 0 Å². The summed E-state index contributed by atoms with van der Waals surface area (Å²) in [6.45, 7) is 7.99. The fourth-order valence-electron chi connectivity index (χ4n) is 2.50. The molecule has 1 fully saturated rings. The second-order valence-electron chi connectivity index (χ2n) is 5.48. The van der Waals surface area contributed by atoms with Crippen LogP contribution < -0.4 is 0 Å². The van der Waals surface area contributed by atoms with Gasteiger partial charge in [0.1, 0.15) is 12.2 Å². The third-order valence-corrected chi connectivity index (χ3v) is 3.57. The van der Waals surface area contributed by atoms with Gasteiger partial charge in [-0.25, -0.2) is 4.79 Å². The topological polar surface area (TPSA) is 46.5 Å². The minimum Gasteiger partial charge on any atom is -0.460 e. The standard InChI is InChI=1S/C13H24O3/c1-8(2)11-6-5-9(3)7-12(11)16-13(15)10(4)14/h8-12,14H,5-7H2,1-4H3/t9-,10-,11+,12+/m0/s1. The van der Waals surface area contributed by atoms with Crippen molar-refractivity contribution < 1.29 is 14.6 Å². The number of carbonyl (C=O) groups excluding carboxylic acids is 1. The van der Waals surface area contributed by atoms with Gasteiger partial charge in [-0.05, 0) is 37.5 Å². The van der Waals surface area contributed by atoms with Crippen LogP contribution in [0.25, 0.3) is 0 Å². The Balaban J connectivity index is 2.61. The highest BCUT2D eigenvalue weighted by molar-refractivity contribution is 5.74. The molecule has 1 N–H and O–H groups in total. The minimum absolute atomic E-state index is 0.00847.